The molecule has 0 saturated carbocycles. The van der Waals surface area contributed by atoms with E-state index in [0.29, 0.717) is 0 Å². The standard InChI is InChI=1S/C12H13NO2/c1-8-6-10(15-3)7-9(2)11(8)4-5-12(13)14/h6-7H,1-3H3,(H2,13,14). The molecule has 0 aromatic heterocycles. The predicted octanol–water partition coefficient (Wildman–Crippen LogP) is 1.15. The molecule has 3 nitrogen and oxygen atoms in total. The van der Waals surface area contributed by atoms with Gasteiger partial charge in [-0.05, 0) is 43.0 Å². The molecule has 3 heteroatoms. The number of aryl methyl sites for hydroxylation is 2. The average molecular weight is 203 g/mol. The molecule has 15 heavy (non-hydrogen) atoms. The molecule has 0 radical (unpaired) electrons. The minimum atomic E-state index is -0.621. The topological polar surface area (TPSA) is 52.3 Å². The van der Waals surface area contributed by atoms with Crippen LogP contribution in [0.3, 0.4) is 0 Å². The summed E-state index contributed by atoms with van der Waals surface area (Å²) in [5.74, 6) is 5.25. The zero-order chi connectivity index (χ0) is 11.4. The smallest absolute Gasteiger partial charge is 0.293 e. The molecule has 2 N–H and O–H groups in total. The number of benzene rings is 1. The van der Waals surface area contributed by atoms with E-state index >= 15 is 0 Å². The monoisotopic (exact) mass is 203 g/mol. The van der Waals surface area contributed by atoms with Gasteiger partial charge in [0.05, 0.1) is 7.11 Å². The van der Waals surface area contributed by atoms with Crippen LogP contribution in [0, 0.1) is 25.7 Å². The quantitative estimate of drug-likeness (QED) is 0.696. The number of carbonyl (C=O) groups excluding carboxylic acids is 1. The predicted molar refractivity (Wildman–Crippen MR) is 58.5 cm³/mol. The van der Waals surface area contributed by atoms with Crippen molar-refractivity contribution in [2.45, 2.75) is 13.8 Å². The number of ether oxygens (including phenoxy) is 1. The fourth-order valence-corrected chi connectivity index (χ4v) is 1.36. The first kappa shape index (κ1) is 11.1. The average Bonchev–Trinajstić information content (AvgIpc) is 2.15. The molecule has 0 unspecified atom stereocenters. The third-order valence-electron chi connectivity index (χ3n) is 2.05. The largest absolute Gasteiger partial charge is 0.497 e. The van der Waals surface area contributed by atoms with E-state index in [2.05, 4.69) is 11.8 Å². The van der Waals surface area contributed by atoms with Crippen LogP contribution >= 0.6 is 0 Å². The van der Waals surface area contributed by atoms with Crippen LogP contribution in [0.15, 0.2) is 12.1 Å². The molecule has 1 amide bonds. The molecule has 78 valence electrons. The van der Waals surface area contributed by atoms with Gasteiger partial charge in [0.25, 0.3) is 5.91 Å². The van der Waals surface area contributed by atoms with Gasteiger partial charge in [0.15, 0.2) is 0 Å². The second kappa shape index (κ2) is 4.52. The van der Waals surface area contributed by atoms with Crippen LogP contribution < -0.4 is 10.5 Å². The van der Waals surface area contributed by atoms with Gasteiger partial charge >= 0.3 is 0 Å². The van der Waals surface area contributed by atoms with E-state index in [-0.39, 0.29) is 0 Å². The van der Waals surface area contributed by atoms with Crippen LogP contribution in [0.25, 0.3) is 0 Å². The highest BCUT2D eigenvalue weighted by Crippen LogP contribution is 2.20. The highest BCUT2D eigenvalue weighted by molar-refractivity contribution is 5.92. The van der Waals surface area contributed by atoms with Crippen molar-refractivity contribution >= 4 is 5.91 Å². The van der Waals surface area contributed by atoms with Gasteiger partial charge in [-0.2, -0.15) is 0 Å². The molecular weight excluding hydrogens is 190 g/mol. The van der Waals surface area contributed by atoms with Crippen molar-refractivity contribution < 1.29 is 9.53 Å². The number of rotatable bonds is 1. The second-order valence-electron chi connectivity index (χ2n) is 3.25. The normalized spacial score (nSPS) is 9.00. The van der Waals surface area contributed by atoms with E-state index in [1.54, 1.807) is 7.11 Å². The van der Waals surface area contributed by atoms with Crippen molar-refractivity contribution in [2.75, 3.05) is 7.11 Å². The molecule has 1 aromatic rings. The molecule has 0 saturated heterocycles. The molecule has 0 aliphatic rings. The molecule has 0 spiro atoms. The Kier molecular flexibility index (Phi) is 3.35. The summed E-state index contributed by atoms with van der Waals surface area (Å²) in [7, 11) is 1.61. The molecule has 0 heterocycles. The Balaban J connectivity index is 3.21. The SMILES string of the molecule is COc1cc(C)c(C#CC(N)=O)c(C)c1. The lowest BCUT2D eigenvalue weighted by molar-refractivity contribution is -0.112. The highest BCUT2D eigenvalue weighted by Gasteiger charge is 2.02. The van der Waals surface area contributed by atoms with E-state index in [9.17, 15) is 4.79 Å². The minimum absolute atomic E-state index is 0.621. The number of hydrogen-bond donors (Lipinski definition) is 1. The highest BCUT2D eigenvalue weighted by atomic mass is 16.5. The zero-order valence-electron chi connectivity index (χ0n) is 9.05. The molecule has 0 aliphatic heterocycles. The number of carbonyl (C=O) groups is 1. The van der Waals surface area contributed by atoms with Gasteiger partial charge in [0.1, 0.15) is 5.75 Å². The van der Waals surface area contributed by atoms with Crippen LogP contribution in [0.2, 0.25) is 0 Å². The van der Waals surface area contributed by atoms with E-state index in [1.807, 2.05) is 26.0 Å². The van der Waals surface area contributed by atoms with Crippen LogP contribution in [0.5, 0.6) is 5.75 Å². The van der Waals surface area contributed by atoms with Crippen LogP contribution in [0.1, 0.15) is 16.7 Å². The third kappa shape index (κ3) is 2.75. The maximum atomic E-state index is 10.5. The third-order valence-corrected chi connectivity index (χ3v) is 2.05. The Bertz CT molecular complexity index is 429. The summed E-state index contributed by atoms with van der Waals surface area (Å²) in [4.78, 5) is 10.5. The van der Waals surface area contributed by atoms with E-state index < -0.39 is 5.91 Å². The molecular formula is C12H13NO2. The Morgan fingerprint density at radius 2 is 1.87 bits per heavy atom. The molecule has 1 aromatic carbocycles. The van der Waals surface area contributed by atoms with Gasteiger partial charge in [-0.25, -0.2) is 0 Å². The fourth-order valence-electron chi connectivity index (χ4n) is 1.36. The van der Waals surface area contributed by atoms with Gasteiger partial charge < -0.3 is 10.5 Å². The van der Waals surface area contributed by atoms with Gasteiger partial charge in [0.2, 0.25) is 0 Å². The first-order chi connectivity index (χ1) is 7.04. The lowest BCUT2D eigenvalue weighted by Crippen LogP contribution is -2.06. The van der Waals surface area contributed by atoms with Crippen molar-refractivity contribution in [3.05, 3.63) is 28.8 Å². The first-order valence-corrected chi connectivity index (χ1v) is 4.51. The summed E-state index contributed by atoms with van der Waals surface area (Å²) in [6.07, 6.45) is 0. The Morgan fingerprint density at radius 3 is 2.27 bits per heavy atom. The number of amides is 1. The van der Waals surface area contributed by atoms with E-state index in [4.69, 9.17) is 10.5 Å². The Morgan fingerprint density at radius 1 is 1.33 bits per heavy atom. The summed E-state index contributed by atoms with van der Waals surface area (Å²) >= 11 is 0. The lowest BCUT2D eigenvalue weighted by atomic mass is 10.0. The molecule has 0 fully saturated rings. The van der Waals surface area contributed by atoms with Gasteiger partial charge in [0, 0.05) is 5.56 Å². The van der Waals surface area contributed by atoms with Crippen LogP contribution in [-0.2, 0) is 4.79 Å². The summed E-state index contributed by atoms with van der Waals surface area (Å²) in [5.41, 5.74) is 7.73. The Hall–Kier alpha value is -1.95. The summed E-state index contributed by atoms with van der Waals surface area (Å²) < 4.78 is 5.12. The van der Waals surface area contributed by atoms with Crippen molar-refractivity contribution in [3.8, 4) is 17.6 Å². The maximum absolute atomic E-state index is 10.5. The number of hydrogen-bond acceptors (Lipinski definition) is 2. The summed E-state index contributed by atoms with van der Waals surface area (Å²) in [6.45, 7) is 3.83. The summed E-state index contributed by atoms with van der Waals surface area (Å²) in [6, 6.07) is 3.75. The van der Waals surface area contributed by atoms with Crippen molar-refractivity contribution in [1.29, 1.82) is 0 Å². The van der Waals surface area contributed by atoms with Gasteiger partial charge in [-0.15, -0.1) is 0 Å². The van der Waals surface area contributed by atoms with Crippen molar-refractivity contribution in [1.82, 2.24) is 0 Å². The summed E-state index contributed by atoms with van der Waals surface area (Å²) in [5, 5.41) is 0. The molecule has 0 bridgehead atoms. The zero-order valence-corrected chi connectivity index (χ0v) is 9.05. The van der Waals surface area contributed by atoms with Crippen molar-refractivity contribution in [2.24, 2.45) is 5.73 Å². The number of methoxy groups -OCH3 is 1. The first-order valence-electron chi connectivity index (χ1n) is 4.51. The molecule has 1 rings (SSSR count). The van der Waals surface area contributed by atoms with Crippen LogP contribution in [-0.4, -0.2) is 13.0 Å². The number of primary amides is 1. The lowest BCUT2D eigenvalue weighted by Gasteiger charge is -2.06. The minimum Gasteiger partial charge on any atom is -0.497 e. The van der Waals surface area contributed by atoms with Crippen molar-refractivity contribution in [3.63, 3.8) is 0 Å². The fraction of sp³-hybridized carbons (Fsp3) is 0.250. The van der Waals surface area contributed by atoms with Gasteiger partial charge in [-0.1, -0.05) is 5.92 Å². The number of nitrogens with two attached hydrogens (primary N) is 1. The second-order valence-corrected chi connectivity index (χ2v) is 3.25. The molecule has 0 aliphatic carbocycles. The van der Waals surface area contributed by atoms with Crippen LogP contribution in [0.4, 0.5) is 0 Å². The van der Waals surface area contributed by atoms with E-state index in [1.165, 1.54) is 0 Å². The van der Waals surface area contributed by atoms with Gasteiger partial charge in [-0.3, -0.25) is 4.79 Å². The maximum Gasteiger partial charge on any atom is 0.293 e. The van der Waals surface area contributed by atoms with E-state index in [0.717, 1.165) is 22.4 Å². The molecule has 0 atom stereocenters. The Labute approximate surface area is 89.2 Å².